The van der Waals surface area contributed by atoms with Crippen LogP contribution >= 0.6 is 0 Å². The van der Waals surface area contributed by atoms with Crippen molar-refractivity contribution in [2.45, 2.75) is 38.5 Å². The Balaban J connectivity index is 1.47. The van der Waals surface area contributed by atoms with Gasteiger partial charge in [-0.2, -0.15) is 0 Å². The first-order chi connectivity index (χ1) is 9.92. The zero-order valence-electron chi connectivity index (χ0n) is 12.4. The van der Waals surface area contributed by atoms with Gasteiger partial charge in [0.1, 0.15) is 0 Å². The molecule has 1 nitrogen and oxygen atoms in total. The Morgan fingerprint density at radius 2 is 1.85 bits per heavy atom. The van der Waals surface area contributed by atoms with Gasteiger partial charge in [-0.3, -0.25) is 4.90 Å². The molecule has 107 valence electrons. The Morgan fingerprint density at radius 1 is 1.05 bits per heavy atom. The Kier molecular flexibility index (Phi) is 4.91. The summed E-state index contributed by atoms with van der Waals surface area (Å²) in [6.45, 7) is 3.67. The number of hydrogen-bond donors (Lipinski definition) is 0. The summed E-state index contributed by atoms with van der Waals surface area (Å²) in [4.78, 5) is 2.63. The number of benzene rings is 1. The van der Waals surface area contributed by atoms with E-state index in [9.17, 15) is 0 Å². The lowest BCUT2D eigenvalue weighted by molar-refractivity contribution is 0.257. The summed E-state index contributed by atoms with van der Waals surface area (Å²) in [5.41, 5.74) is 2.95. The van der Waals surface area contributed by atoms with Crippen LogP contribution in [0.2, 0.25) is 0 Å². The van der Waals surface area contributed by atoms with Crippen LogP contribution in [0.15, 0.2) is 36.4 Å². The second-order valence-electron chi connectivity index (χ2n) is 6.24. The van der Waals surface area contributed by atoms with Crippen LogP contribution in [0.25, 0.3) is 5.57 Å². The summed E-state index contributed by atoms with van der Waals surface area (Å²) in [5, 5.41) is 0. The minimum atomic E-state index is 0.986. The van der Waals surface area contributed by atoms with Crippen LogP contribution in [0.3, 0.4) is 0 Å². The molecule has 1 fully saturated rings. The summed E-state index contributed by atoms with van der Waals surface area (Å²) < 4.78 is 0. The van der Waals surface area contributed by atoms with Gasteiger partial charge in [0.15, 0.2) is 0 Å². The minimum Gasteiger partial charge on any atom is -0.299 e. The summed E-state index contributed by atoms with van der Waals surface area (Å²) in [6, 6.07) is 10.9. The molecule has 20 heavy (non-hydrogen) atoms. The first-order valence-corrected chi connectivity index (χ1v) is 8.20. The third kappa shape index (κ3) is 3.73. The molecule has 0 unspecified atom stereocenters. The summed E-state index contributed by atoms with van der Waals surface area (Å²) in [7, 11) is 0. The van der Waals surface area contributed by atoms with Crippen molar-refractivity contribution in [3.63, 3.8) is 0 Å². The molecule has 1 aromatic rings. The average Bonchev–Trinajstić information content (AvgIpc) is 2.55. The fourth-order valence-electron chi connectivity index (χ4n) is 3.48. The second kappa shape index (κ2) is 7.08. The summed E-state index contributed by atoms with van der Waals surface area (Å²) in [6.07, 6.45) is 13.1. The maximum atomic E-state index is 2.63. The molecule has 0 bridgehead atoms. The normalized spacial score (nSPS) is 21.7. The third-order valence-corrected chi connectivity index (χ3v) is 4.85. The van der Waals surface area contributed by atoms with E-state index >= 15 is 0 Å². The minimum absolute atomic E-state index is 0.986. The van der Waals surface area contributed by atoms with Crippen molar-refractivity contribution >= 4 is 5.57 Å². The lowest BCUT2D eigenvalue weighted by atomic mass is 9.87. The average molecular weight is 268 g/mol. The molecule has 3 rings (SSSR count). The molecule has 2 aliphatic rings. The molecule has 1 aliphatic carbocycles. The molecule has 0 aromatic heterocycles. The molecule has 1 radical (unpaired) electrons. The van der Waals surface area contributed by atoms with Crippen molar-refractivity contribution in [3.8, 4) is 0 Å². The maximum Gasteiger partial charge on any atom is 0.0169 e. The van der Waals surface area contributed by atoms with Gasteiger partial charge >= 0.3 is 0 Å². The highest BCUT2D eigenvalue weighted by Crippen LogP contribution is 2.27. The molecule has 1 aromatic carbocycles. The van der Waals surface area contributed by atoms with Gasteiger partial charge < -0.3 is 0 Å². The van der Waals surface area contributed by atoms with E-state index in [0.29, 0.717) is 0 Å². The van der Waals surface area contributed by atoms with Crippen LogP contribution in [0.1, 0.15) is 44.1 Å². The quantitative estimate of drug-likeness (QED) is 0.773. The number of nitrogens with zero attached hydrogens (tertiary/aromatic N) is 1. The van der Waals surface area contributed by atoms with Crippen LogP contribution in [-0.4, -0.2) is 24.5 Å². The topological polar surface area (TPSA) is 3.24 Å². The highest BCUT2D eigenvalue weighted by molar-refractivity contribution is 5.66. The van der Waals surface area contributed by atoms with E-state index in [4.69, 9.17) is 0 Å². The van der Waals surface area contributed by atoms with Crippen molar-refractivity contribution in [1.29, 1.82) is 0 Å². The highest BCUT2D eigenvalue weighted by Gasteiger charge is 2.17. The van der Waals surface area contributed by atoms with Crippen LogP contribution in [0.4, 0.5) is 0 Å². The van der Waals surface area contributed by atoms with Crippen molar-refractivity contribution < 1.29 is 0 Å². The molecule has 1 heterocycles. The second-order valence-corrected chi connectivity index (χ2v) is 6.24. The van der Waals surface area contributed by atoms with Crippen molar-refractivity contribution in [2.75, 3.05) is 19.6 Å². The van der Waals surface area contributed by atoms with Gasteiger partial charge in [-0.1, -0.05) is 49.2 Å². The molecular weight excluding hydrogens is 242 g/mol. The number of rotatable bonds is 4. The van der Waals surface area contributed by atoms with E-state index in [1.165, 1.54) is 62.8 Å². The van der Waals surface area contributed by atoms with Crippen LogP contribution in [0.5, 0.6) is 0 Å². The molecule has 0 N–H and O–H groups in total. The monoisotopic (exact) mass is 268 g/mol. The smallest absolute Gasteiger partial charge is 0.0169 e. The predicted octanol–water partition coefficient (Wildman–Crippen LogP) is 4.56. The molecule has 1 saturated carbocycles. The van der Waals surface area contributed by atoms with E-state index in [-0.39, 0.29) is 0 Å². The van der Waals surface area contributed by atoms with Crippen LogP contribution in [0, 0.1) is 12.3 Å². The fraction of sp³-hybridized carbons (Fsp3) is 0.526. The Morgan fingerprint density at radius 3 is 2.55 bits per heavy atom. The van der Waals surface area contributed by atoms with Gasteiger partial charge in [-0.05, 0) is 55.7 Å². The van der Waals surface area contributed by atoms with E-state index in [1.54, 1.807) is 0 Å². The SMILES string of the molecule is [CH]1CCC(CCN2CC=C(c3ccccc3)CC2)CC1. The Labute approximate surface area is 123 Å². The fourth-order valence-corrected chi connectivity index (χ4v) is 3.48. The summed E-state index contributed by atoms with van der Waals surface area (Å²) in [5.74, 6) is 0.986. The molecule has 0 spiro atoms. The van der Waals surface area contributed by atoms with Gasteiger partial charge in [0.25, 0.3) is 0 Å². The van der Waals surface area contributed by atoms with Crippen LogP contribution < -0.4 is 0 Å². The number of hydrogen-bond acceptors (Lipinski definition) is 1. The molecule has 0 atom stereocenters. The Hall–Kier alpha value is -1.08. The molecular formula is C19H26N. The van der Waals surface area contributed by atoms with E-state index < -0.39 is 0 Å². The van der Waals surface area contributed by atoms with Crippen molar-refractivity contribution in [2.24, 2.45) is 5.92 Å². The molecule has 0 saturated heterocycles. The van der Waals surface area contributed by atoms with Gasteiger partial charge in [-0.15, -0.1) is 0 Å². The summed E-state index contributed by atoms with van der Waals surface area (Å²) >= 11 is 0. The highest BCUT2D eigenvalue weighted by atomic mass is 15.1. The first kappa shape index (κ1) is 13.9. The van der Waals surface area contributed by atoms with E-state index in [1.807, 2.05) is 0 Å². The predicted molar refractivity (Wildman–Crippen MR) is 86.4 cm³/mol. The molecule has 1 heteroatoms. The third-order valence-electron chi connectivity index (χ3n) is 4.85. The molecule has 0 amide bonds. The standard InChI is InChI=1S/C19H26N/c1-3-7-17(8-4-1)11-14-20-15-12-19(13-16-20)18-9-5-2-6-10-18/h1-2,5-6,9-10,12,17H,3-4,7-8,11,13-16H2. The maximum absolute atomic E-state index is 2.63. The van der Waals surface area contributed by atoms with Crippen molar-refractivity contribution in [1.82, 2.24) is 4.90 Å². The van der Waals surface area contributed by atoms with Crippen molar-refractivity contribution in [3.05, 3.63) is 48.4 Å². The van der Waals surface area contributed by atoms with Gasteiger partial charge in [0.05, 0.1) is 0 Å². The zero-order chi connectivity index (χ0) is 13.6. The Bertz CT molecular complexity index is 428. The lowest BCUT2D eigenvalue weighted by Gasteiger charge is -2.29. The lowest BCUT2D eigenvalue weighted by Crippen LogP contribution is -2.30. The molecule has 1 aliphatic heterocycles. The van der Waals surface area contributed by atoms with Gasteiger partial charge in [0, 0.05) is 13.1 Å². The van der Waals surface area contributed by atoms with Gasteiger partial charge in [-0.25, -0.2) is 0 Å². The van der Waals surface area contributed by atoms with Crippen LogP contribution in [-0.2, 0) is 0 Å². The van der Waals surface area contributed by atoms with Gasteiger partial charge in [0.2, 0.25) is 0 Å². The van der Waals surface area contributed by atoms with E-state index in [2.05, 4.69) is 47.7 Å². The first-order valence-electron chi connectivity index (χ1n) is 8.20. The zero-order valence-corrected chi connectivity index (χ0v) is 12.4. The van der Waals surface area contributed by atoms with E-state index in [0.717, 1.165) is 12.5 Å². The largest absolute Gasteiger partial charge is 0.299 e.